The monoisotopic (exact) mass is 1610 g/mol. The Morgan fingerprint density at radius 2 is 0.853 bits per heavy atom. The first kappa shape index (κ1) is 88.8. The molecule has 0 bridgehead atoms. The second-order valence-electron chi connectivity index (χ2n) is 33.1. The number of hydrogen-bond donors (Lipinski definition) is 19. The standard InChI is InChI=1S/C26H33N3O7.C25H30N2O7.C22H25N3O7.C9H11NO3.CH4/c1-25(2,3)14-8-11(9-27)12-6-10-7-13-18(29(4)5)21(32)17(24(28)35)23(34)26(13,36)22(33)15(10)20(31)16(12)19(14)30;1-24(2,3)12-7-6-10-8-11-9-13-17(27(4)5)20(30)16(23(26)33)22(32)25(13,34)21(31)15(11)19(29)14(10)18(12)28;1-25(2)16-11-6-9-5-10-8(7-23)3-4-12(26)14(10)17(27)13(9)19(29)22(11,32)20(30)15(18(16)28)21(24)31;11-7-10-9(12)13-6-8-4-2-1-3-5-8;/h8,10,13,18,30-31,34,36H,6-7,9,27H2,1-5H3,(H2,28,35);6-7,11,13,17,28-29,32,34H,8-9H2,1-5H3,(H2,26,33);3-4,9,11,16,26-27,30,32H,5-7,23H2,1-2H3,(H2,24,31);1-5,11H,6-7H2,(H,10,12);1H4/t10?,13?,18-,26-;11?,13?,17-,25-;9?,11?,16-,22-;;/m000../s1. The summed E-state index contributed by atoms with van der Waals surface area (Å²) in [4.78, 5) is 132. The molecule has 4 aromatic carbocycles. The van der Waals surface area contributed by atoms with E-state index in [-0.39, 0.29) is 116 Å². The number of nitrogens with zero attached hydrogens (tertiary/aromatic N) is 3. The van der Waals surface area contributed by atoms with Crippen LogP contribution in [0.2, 0.25) is 0 Å². The molecule has 4 amide bonds. The molecule has 0 aliphatic heterocycles. The van der Waals surface area contributed by atoms with Crippen LogP contribution in [0.15, 0.2) is 111 Å². The lowest BCUT2D eigenvalue weighted by molar-refractivity contribution is -0.155. The Kier molecular flexibility index (Phi) is 24.6. The number of primary amides is 3. The molecule has 33 heteroatoms. The lowest BCUT2D eigenvalue weighted by Gasteiger charge is -2.50. The van der Waals surface area contributed by atoms with E-state index in [0.29, 0.717) is 38.9 Å². The number of likely N-dealkylation sites (N-methyl/N-ethyl adjacent to an activating group) is 3. The number of ketones is 6. The quantitative estimate of drug-likeness (QED) is 0.0758. The van der Waals surface area contributed by atoms with Crippen LogP contribution in [0.1, 0.15) is 129 Å². The molecular formula is C83H103N9O24. The first-order valence-corrected chi connectivity index (χ1v) is 37.0. The Morgan fingerprint density at radius 1 is 0.491 bits per heavy atom. The van der Waals surface area contributed by atoms with Gasteiger partial charge in [-0.3, -0.25) is 63.2 Å². The Balaban J connectivity index is 0.000000184. The second-order valence-corrected chi connectivity index (χ2v) is 33.1. The van der Waals surface area contributed by atoms with E-state index in [1.165, 1.54) is 20.8 Å². The minimum atomic E-state index is -2.65. The molecule has 13 rings (SSSR count). The Morgan fingerprint density at radius 3 is 1.22 bits per heavy atom. The van der Waals surface area contributed by atoms with E-state index in [1.807, 2.05) is 71.9 Å². The van der Waals surface area contributed by atoms with Crippen LogP contribution in [0.4, 0.5) is 4.79 Å². The van der Waals surface area contributed by atoms with Crippen LogP contribution >= 0.6 is 0 Å². The predicted octanol–water partition coefficient (Wildman–Crippen LogP) is 2.90. The summed E-state index contributed by atoms with van der Waals surface area (Å²) in [5.41, 5.74) is 21.4. The maximum absolute atomic E-state index is 13.9. The van der Waals surface area contributed by atoms with Gasteiger partial charge in [0.15, 0.2) is 34.2 Å². The van der Waals surface area contributed by atoms with Crippen LogP contribution in [0, 0.1) is 35.5 Å². The zero-order valence-electron chi connectivity index (χ0n) is 65.6. The number of rotatable bonds is 11. The fraction of sp³-hybridized carbons (Fsp3) is 0.446. The summed E-state index contributed by atoms with van der Waals surface area (Å²) in [6.07, 6.45) is 0.281. The van der Waals surface area contributed by atoms with Gasteiger partial charge in [0.25, 0.3) is 17.7 Å². The number of nitrogens with one attached hydrogen (secondary N) is 1. The van der Waals surface area contributed by atoms with E-state index in [0.717, 1.165) is 5.56 Å². The van der Waals surface area contributed by atoms with Gasteiger partial charge in [-0.25, -0.2) is 4.79 Å². The maximum Gasteiger partial charge on any atom is 0.409 e. The van der Waals surface area contributed by atoms with E-state index in [4.69, 9.17) is 38.5 Å². The zero-order valence-corrected chi connectivity index (χ0v) is 65.6. The van der Waals surface area contributed by atoms with Crippen molar-refractivity contribution < 1.29 is 119 Å². The number of carbonyl (C=O) groups is 10. The van der Waals surface area contributed by atoms with E-state index in [9.17, 15) is 109 Å². The predicted molar refractivity (Wildman–Crippen MR) is 419 cm³/mol. The fourth-order valence-electron chi connectivity index (χ4n) is 18.3. The van der Waals surface area contributed by atoms with Crippen LogP contribution in [0.5, 0.6) is 17.2 Å². The molecule has 116 heavy (non-hydrogen) atoms. The molecule has 6 unspecified atom stereocenters. The molecule has 0 radical (unpaired) electrons. The van der Waals surface area contributed by atoms with Gasteiger partial charge in [0, 0.05) is 58.7 Å². The molecule has 3 fully saturated rings. The topological polar surface area (TPSA) is 595 Å². The van der Waals surface area contributed by atoms with Gasteiger partial charge in [-0.2, -0.15) is 0 Å². The molecule has 4 aromatic rings. The van der Waals surface area contributed by atoms with Crippen molar-refractivity contribution in [3.8, 4) is 17.2 Å². The number of nitrogens with two attached hydrogens (primary N) is 5. The summed E-state index contributed by atoms with van der Waals surface area (Å²) in [5.74, 6) is -19.7. The molecule has 12 atom stereocenters. The highest BCUT2D eigenvalue weighted by Gasteiger charge is 2.68. The number of fused-ring (bicyclic) bond motifs is 9. The fourth-order valence-corrected chi connectivity index (χ4v) is 18.3. The largest absolute Gasteiger partial charge is 0.508 e. The average Bonchev–Trinajstić information content (AvgIpc) is 0.707. The number of alkyl carbamates (subject to hydrolysis) is 1. The third-order valence-corrected chi connectivity index (χ3v) is 23.6. The molecule has 624 valence electrons. The number of aromatic hydroxyl groups is 3. The normalized spacial score (nSPS) is 26.6. The molecule has 9 aliphatic carbocycles. The van der Waals surface area contributed by atoms with Crippen molar-refractivity contribution in [1.82, 2.24) is 20.0 Å². The molecule has 33 nitrogen and oxygen atoms in total. The van der Waals surface area contributed by atoms with E-state index in [1.54, 1.807) is 66.6 Å². The number of aliphatic hydroxyl groups is 10. The summed E-state index contributed by atoms with van der Waals surface area (Å²) in [6, 6.07) is 14.4. The van der Waals surface area contributed by atoms with Gasteiger partial charge in [-0.05, 0) is 155 Å². The van der Waals surface area contributed by atoms with Crippen molar-refractivity contribution in [3.05, 3.63) is 173 Å². The molecule has 0 saturated heterocycles. The molecule has 0 aromatic heterocycles. The first-order chi connectivity index (χ1) is 53.5. The van der Waals surface area contributed by atoms with Gasteiger partial charge < -0.3 is 99.8 Å². The number of ether oxygens (including phenoxy) is 1. The number of amides is 4. The van der Waals surface area contributed by atoms with Crippen LogP contribution in [0.25, 0.3) is 17.3 Å². The summed E-state index contributed by atoms with van der Waals surface area (Å²) >= 11 is 0. The highest BCUT2D eigenvalue weighted by molar-refractivity contribution is 6.27. The van der Waals surface area contributed by atoms with Gasteiger partial charge in [-0.15, -0.1) is 0 Å². The van der Waals surface area contributed by atoms with Gasteiger partial charge in [0.05, 0.1) is 34.8 Å². The number of hydrogen-bond acceptors (Lipinski definition) is 29. The molecule has 24 N–H and O–H groups in total. The summed E-state index contributed by atoms with van der Waals surface area (Å²) in [7, 11) is 9.37. The van der Waals surface area contributed by atoms with Gasteiger partial charge >= 0.3 is 6.09 Å². The number of carbonyl (C=O) groups excluding carboxylic acids is 10. The van der Waals surface area contributed by atoms with Crippen molar-refractivity contribution in [2.24, 2.45) is 64.2 Å². The average molecular weight is 1610 g/mol. The molecule has 0 spiro atoms. The number of phenols is 3. The van der Waals surface area contributed by atoms with Gasteiger partial charge in [0.2, 0.25) is 17.3 Å². The van der Waals surface area contributed by atoms with Crippen LogP contribution in [-0.2, 0) is 97.7 Å². The van der Waals surface area contributed by atoms with E-state index >= 15 is 0 Å². The molecule has 3 saturated carbocycles. The number of phenolic OH excluding ortho intramolecular Hbond substituents is 3. The van der Waals surface area contributed by atoms with Crippen molar-refractivity contribution in [1.29, 1.82) is 0 Å². The lowest BCUT2D eigenvalue weighted by Crippen LogP contribution is -2.65. The number of aliphatic hydroxyl groups excluding tert-OH is 7. The third kappa shape index (κ3) is 14.3. The van der Waals surface area contributed by atoms with E-state index in [2.05, 4.69) is 5.32 Å². The van der Waals surface area contributed by atoms with Crippen LogP contribution < -0.4 is 34.0 Å². The first-order valence-electron chi connectivity index (χ1n) is 37.0. The van der Waals surface area contributed by atoms with Gasteiger partial charge in [-0.1, -0.05) is 97.5 Å². The van der Waals surface area contributed by atoms with Crippen molar-refractivity contribution in [3.63, 3.8) is 0 Å². The molecule has 9 aliphatic rings. The van der Waals surface area contributed by atoms with Crippen LogP contribution in [0.3, 0.4) is 0 Å². The smallest absolute Gasteiger partial charge is 0.409 e. The zero-order chi connectivity index (χ0) is 85.8. The Labute approximate surface area is 668 Å². The summed E-state index contributed by atoms with van der Waals surface area (Å²) in [6.45, 7) is 11.4. The highest BCUT2D eigenvalue weighted by Crippen LogP contribution is 2.58. The highest BCUT2D eigenvalue weighted by atomic mass is 16.6. The Bertz CT molecular complexity index is 5040. The van der Waals surface area contributed by atoms with Crippen molar-refractivity contribution >= 4 is 75.8 Å². The Hall–Kier alpha value is -11.1. The lowest BCUT2D eigenvalue weighted by atomic mass is 9.57. The minimum absolute atomic E-state index is 0. The van der Waals surface area contributed by atoms with Crippen molar-refractivity contribution in [2.45, 2.75) is 153 Å². The molecular weight excluding hydrogens is 1510 g/mol. The molecule has 0 heterocycles. The summed E-state index contributed by atoms with van der Waals surface area (Å²) < 4.78 is 4.76. The minimum Gasteiger partial charge on any atom is -0.508 e. The van der Waals surface area contributed by atoms with Crippen molar-refractivity contribution in [2.75, 3.05) is 49.0 Å². The van der Waals surface area contributed by atoms with E-state index < -0.39 is 198 Å². The second kappa shape index (κ2) is 32.2. The van der Waals surface area contributed by atoms with Crippen LogP contribution in [-0.4, -0.2) is 224 Å². The number of benzene rings is 4. The summed E-state index contributed by atoms with van der Waals surface area (Å²) in [5, 5.41) is 144. The third-order valence-electron chi connectivity index (χ3n) is 23.6. The number of Topliss-reactive ketones (excluding diaryl/α,β-unsaturated/α-hetero) is 6. The maximum atomic E-state index is 13.9. The van der Waals surface area contributed by atoms with Gasteiger partial charge in [0.1, 0.15) is 81.9 Å². The SMILES string of the molecule is C.CN(C)[C@@H]1C(=O)C(C(N)=O)=C(O)[C@@]2(O)C(=O)C3=C(O)c4c(O)c(C(C)(C)C)cc(CN)c4CC3CC12.CN(C)[C@@H]1C(=O)C(C(N)=O)=C(O)[C@@]2(O)C(=O)C3=C(O)c4c(O)ccc(CN)c4CC3CC12.CN(C)[C@@H]1C(=O)C(C(N)=O)=C(O)[C@@]2(O)C(=O)C3=C(O)c4c(ccc(C(C)(C)C)c4O)CC3CC12.O=C(NCO)OCc1ccccc1.